The number of carbonyl (C=O) groups excluding carboxylic acids is 2. The Hall–Kier alpha value is -3.35. The van der Waals surface area contributed by atoms with Gasteiger partial charge in [0.15, 0.2) is 6.61 Å². The van der Waals surface area contributed by atoms with Gasteiger partial charge >= 0.3 is 5.97 Å². The fourth-order valence-electron chi connectivity index (χ4n) is 2.86. The molecule has 150 valence electrons. The molecule has 0 radical (unpaired) electrons. The monoisotopic (exact) mass is 439 g/mol. The van der Waals surface area contributed by atoms with Crippen molar-refractivity contribution in [3.63, 3.8) is 0 Å². The molecule has 6 nitrogen and oxygen atoms in total. The van der Waals surface area contributed by atoms with Gasteiger partial charge in [-0.15, -0.1) is 0 Å². The van der Waals surface area contributed by atoms with Crippen molar-refractivity contribution in [2.75, 3.05) is 11.9 Å². The first kappa shape index (κ1) is 19.9. The van der Waals surface area contributed by atoms with E-state index in [-0.39, 0.29) is 0 Å². The van der Waals surface area contributed by atoms with E-state index in [1.54, 1.807) is 30.3 Å². The van der Waals surface area contributed by atoms with Crippen LogP contribution >= 0.6 is 23.2 Å². The Balaban J connectivity index is 1.43. The van der Waals surface area contributed by atoms with Crippen LogP contribution in [-0.2, 0) is 9.53 Å². The number of esters is 1. The summed E-state index contributed by atoms with van der Waals surface area (Å²) in [5.74, 6) is -0.449. The molecule has 0 atom stereocenters. The number of aromatic nitrogens is 2. The molecule has 4 aromatic rings. The number of nitrogens with zero attached hydrogens (tertiary/aromatic N) is 1. The van der Waals surface area contributed by atoms with Crippen LogP contribution < -0.4 is 5.32 Å². The molecule has 1 aromatic heterocycles. The number of amides is 1. The molecule has 0 aliphatic heterocycles. The van der Waals surface area contributed by atoms with Gasteiger partial charge in [-0.2, -0.15) is 0 Å². The molecule has 0 aliphatic carbocycles. The van der Waals surface area contributed by atoms with Crippen LogP contribution in [0.5, 0.6) is 0 Å². The Morgan fingerprint density at radius 2 is 1.80 bits per heavy atom. The second-order valence-corrected chi connectivity index (χ2v) is 7.28. The third-order valence-corrected chi connectivity index (χ3v) is 4.87. The molecular formula is C22H15Cl2N3O3. The summed E-state index contributed by atoms with van der Waals surface area (Å²) < 4.78 is 5.11. The van der Waals surface area contributed by atoms with Crippen LogP contribution in [-0.4, -0.2) is 28.5 Å². The summed E-state index contributed by atoms with van der Waals surface area (Å²) in [6.07, 6.45) is 0. The standard InChI is InChI=1S/C22H15Cl2N3O3/c23-15-7-8-16(24)18(11-15)25-20(28)12-30-22(29)14-6-9-17-19(10-14)27-21(26-17)13-4-2-1-3-5-13/h1-11H,12H2,(H,25,28)(H,26,27). The van der Waals surface area contributed by atoms with Gasteiger partial charge in [0, 0.05) is 10.6 Å². The number of hydrogen-bond acceptors (Lipinski definition) is 4. The van der Waals surface area contributed by atoms with Crippen LogP contribution in [0, 0.1) is 0 Å². The topological polar surface area (TPSA) is 84.1 Å². The van der Waals surface area contributed by atoms with Crippen molar-refractivity contribution in [2.45, 2.75) is 0 Å². The van der Waals surface area contributed by atoms with Gasteiger partial charge in [-0.3, -0.25) is 4.79 Å². The van der Waals surface area contributed by atoms with Crippen LogP contribution in [0.3, 0.4) is 0 Å². The summed E-state index contributed by atoms with van der Waals surface area (Å²) in [5.41, 5.74) is 3.00. The lowest BCUT2D eigenvalue weighted by Crippen LogP contribution is -2.21. The highest BCUT2D eigenvalue weighted by molar-refractivity contribution is 6.35. The lowest BCUT2D eigenvalue weighted by molar-refractivity contribution is -0.119. The molecule has 0 fully saturated rings. The number of fused-ring (bicyclic) bond motifs is 1. The van der Waals surface area contributed by atoms with E-state index in [9.17, 15) is 9.59 Å². The number of carbonyl (C=O) groups is 2. The van der Waals surface area contributed by atoms with E-state index in [1.165, 1.54) is 6.07 Å². The van der Waals surface area contributed by atoms with Gasteiger partial charge in [-0.1, -0.05) is 53.5 Å². The zero-order valence-electron chi connectivity index (χ0n) is 15.5. The van der Waals surface area contributed by atoms with Crippen LogP contribution in [0.2, 0.25) is 10.0 Å². The highest BCUT2D eigenvalue weighted by atomic mass is 35.5. The van der Waals surface area contributed by atoms with Crippen molar-refractivity contribution in [3.05, 3.63) is 82.3 Å². The number of aromatic amines is 1. The van der Waals surface area contributed by atoms with Crippen molar-refractivity contribution < 1.29 is 14.3 Å². The minimum atomic E-state index is -0.625. The number of hydrogen-bond donors (Lipinski definition) is 2. The van der Waals surface area contributed by atoms with Crippen LogP contribution in [0.15, 0.2) is 66.7 Å². The molecule has 4 rings (SSSR count). The maximum absolute atomic E-state index is 12.4. The first-order valence-corrected chi connectivity index (χ1v) is 9.72. The van der Waals surface area contributed by atoms with Crippen molar-refractivity contribution in [3.8, 4) is 11.4 Å². The minimum Gasteiger partial charge on any atom is -0.452 e. The Morgan fingerprint density at radius 3 is 2.60 bits per heavy atom. The summed E-state index contributed by atoms with van der Waals surface area (Å²) in [4.78, 5) is 32.2. The predicted molar refractivity (Wildman–Crippen MR) is 117 cm³/mol. The molecule has 8 heteroatoms. The summed E-state index contributed by atoms with van der Waals surface area (Å²) in [6, 6.07) is 19.3. The molecule has 0 aliphatic rings. The molecule has 30 heavy (non-hydrogen) atoms. The number of imidazole rings is 1. The van der Waals surface area contributed by atoms with Gasteiger partial charge < -0.3 is 15.0 Å². The molecule has 0 bridgehead atoms. The molecule has 0 spiro atoms. The SMILES string of the molecule is O=C(COC(=O)c1ccc2nc(-c3ccccc3)[nH]c2c1)Nc1cc(Cl)ccc1Cl. The number of benzene rings is 3. The van der Waals surface area contributed by atoms with Gasteiger partial charge in [-0.05, 0) is 36.4 Å². The molecule has 0 saturated carbocycles. The van der Waals surface area contributed by atoms with Crippen LogP contribution in [0.4, 0.5) is 5.69 Å². The Labute approximate surface area is 181 Å². The first-order chi connectivity index (χ1) is 14.5. The maximum atomic E-state index is 12.4. The third kappa shape index (κ3) is 4.45. The molecule has 1 heterocycles. The fourth-order valence-corrected chi connectivity index (χ4v) is 3.20. The fraction of sp³-hybridized carbons (Fsp3) is 0.0455. The van der Waals surface area contributed by atoms with E-state index in [0.717, 1.165) is 11.1 Å². The van der Waals surface area contributed by atoms with Gasteiger partial charge in [0.05, 0.1) is 27.3 Å². The summed E-state index contributed by atoms with van der Waals surface area (Å²) in [5, 5.41) is 3.32. The Kier molecular flexibility index (Phi) is 5.70. The lowest BCUT2D eigenvalue weighted by Gasteiger charge is -2.08. The van der Waals surface area contributed by atoms with Crippen LogP contribution in [0.25, 0.3) is 22.4 Å². The molecule has 3 aromatic carbocycles. The zero-order valence-corrected chi connectivity index (χ0v) is 17.0. The number of rotatable bonds is 5. The quantitative estimate of drug-likeness (QED) is 0.411. The van der Waals surface area contributed by atoms with Crippen molar-refractivity contribution >= 4 is 51.8 Å². The van der Waals surface area contributed by atoms with E-state index in [2.05, 4.69) is 15.3 Å². The van der Waals surface area contributed by atoms with Gasteiger partial charge in [-0.25, -0.2) is 9.78 Å². The highest BCUT2D eigenvalue weighted by Crippen LogP contribution is 2.25. The highest BCUT2D eigenvalue weighted by Gasteiger charge is 2.14. The smallest absolute Gasteiger partial charge is 0.338 e. The largest absolute Gasteiger partial charge is 0.452 e. The average molecular weight is 440 g/mol. The second kappa shape index (κ2) is 8.57. The predicted octanol–water partition coefficient (Wildman–Crippen LogP) is 5.33. The van der Waals surface area contributed by atoms with E-state index in [4.69, 9.17) is 27.9 Å². The average Bonchev–Trinajstić information content (AvgIpc) is 3.18. The summed E-state index contributed by atoms with van der Waals surface area (Å²) >= 11 is 11.9. The van der Waals surface area contributed by atoms with Crippen LogP contribution in [0.1, 0.15) is 10.4 Å². The molecule has 2 N–H and O–H groups in total. The van der Waals surface area contributed by atoms with E-state index >= 15 is 0 Å². The third-order valence-electron chi connectivity index (χ3n) is 4.30. The summed E-state index contributed by atoms with van der Waals surface area (Å²) in [7, 11) is 0. The zero-order chi connectivity index (χ0) is 21.1. The molecule has 1 amide bonds. The lowest BCUT2D eigenvalue weighted by atomic mass is 10.2. The van der Waals surface area contributed by atoms with Crippen molar-refractivity contribution in [1.29, 1.82) is 0 Å². The van der Waals surface area contributed by atoms with Crippen molar-refractivity contribution in [1.82, 2.24) is 9.97 Å². The van der Waals surface area contributed by atoms with Gasteiger partial charge in [0.25, 0.3) is 5.91 Å². The second-order valence-electron chi connectivity index (χ2n) is 6.43. The summed E-state index contributed by atoms with van der Waals surface area (Å²) in [6.45, 7) is -0.460. The Bertz CT molecular complexity index is 1240. The normalized spacial score (nSPS) is 10.7. The first-order valence-electron chi connectivity index (χ1n) is 8.97. The number of ether oxygens (including phenoxy) is 1. The van der Waals surface area contributed by atoms with Gasteiger partial charge in [0.2, 0.25) is 0 Å². The van der Waals surface area contributed by atoms with E-state index in [0.29, 0.717) is 32.6 Å². The molecule has 0 saturated heterocycles. The minimum absolute atomic E-state index is 0.305. The number of nitrogens with one attached hydrogen (secondary N) is 2. The van der Waals surface area contributed by atoms with E-state index < -0.39 is 18.5 Å². The number of anilines is 1. The number of halogens is 2. The molecule has 0 unspecified atom stereocenters. The van der Waals surface area contributed by atoms with E-state index in [1.807, 2.05) is 30.3 Å². The van der Waals surface area contributed by atoms with Crippen molar-refractivity contribution in [2.24, 2.45) is 0 Å². The molecular weight excluding hydrogens is 425 g/mol. The number of H-pyrrole nitrogens is 1. The maximum Gasteiger partial charge on any atom is 0.338 e. The Morgan fingerprint density at radius 1 is 1.00 bits per heavy atom. The van der Waals surface area contributed by atoms with Gasteiger partial charge in [0.1, 0.15) is 5.82 Å².